The Morgan fingerprint density at radius 1 is 1.15 bits per heavy atom. The number of carbonyl (C=O) groups excluding carboxylic acids is 2. The molecule has 2 aromatic carbocycles. The van der Waals surface area contributed by atoms with Crippen LogP contribution in [-0.2, 0) is 4.79 Å². The summed E-state index contributed by atoms with van der Waals surface area (Å²) in [5.74, 6) is -0.738. The van der Waals surface area contributed by atoms with Gasteiger partial charge in [0.25, 0.3) is 5.91 Å². The summed E-state index contributed by atoms with van der Waals surface area (Å²) in [4.78, 5) is 34.0. The van der Waals surface area contributed by atoms with Gasteiger partial charge in [0.1, 0.15) is 17.4 Å². The number of thiazole rings is 1. The van der Waals surface area contributed by atoms with Gasteiger partial charge in [0.05, 0.1) is 11.7 Å². The van der Waals surface area contributed by atoms with E-state index in [0.717, 1.165) is 30.7 Å². The molecular weight excluding hydrogens is 559 g/mol. The van der Waals surface area contributed by atoms with Crippen LogP contribution in [0.3, 0.4) is 0 Å². The number of phenols is 1. The van der Waals surface area contributed by atoms with Gasteiger partial charge in [0, 0.05) is 33.4 Å². The maximum atomic E-state index is 12.8. The number of carbonyl (C=O) groups is 2. The number of phenolic OH excluding ortho intramolecular Hbond substituents is 1. The molecule has 2 amide bonds. The van der Waals surface area contributed by atoms with E-state index in [1.807, 2.05) is 0 Å². The Balaban J connectivity index is 0.00000353. The van der Waals surface area contributed by atoms with Crippen molar-refractivity contribution in [2.45, 2.75) is 18.9 Å². The van der Waals surface area contributed by atoms with Crippen molar-refractivity contribution in [3.63, 3.8) is 0 Å². The Labute approximate surface area is 239 Å². The highest BCUT2D eigenvalue weighted by molar-refractivity contribution is 7.11. The molecule has 4 aromatic rings. The summed E-state index contributed by atoms with van der Waals surface area (Å²) in [7, 11) is 0. The van der Waals surface area contributed by atoms with Crippen LogP contribution < -0.4 is 16.0 Å². The molecule has 0 radical (unpaired) electrons. The lowest BCUT2D eigenvalue weighted by Gasteiger charge is -2.15. The van der Waals surface area contributed by atoms with Crippen LogP contribution in [0.1, 0.15) is 28.2 Å². The van der Waals surface area contributed by atoms with E-state index in [2.05, 4.69) is 32.0 Å². The summed E-state index contributed by atoms with van der Waals surface area (Å²) in [6, 6.07) is 15.2. The molecule has 1 saturated heterocycles. The van der Waals surface area contributed by atoms with Crippen molar-refractivity contribution < 1.29 is 14.7 Å². The zero-order chi connectivity index (χ0) is 26.6. The van der Waals surface area contributed by atoms with Crippen LogP contribution in [0.15, 0.2) is 60.1 Å². The second kappa shape index (κ2) is 12.2. The summed E-state index contributed by atoms with van der Waals surface area (Å²) in [6.07, 6.45) is 3.22. The maximum absolute atomic E-state index is 12.8. The predicted octanol–water partition coefficient (Wildman–Crippen LogP) is 5.47. The molecule has 0 saturated carbocycles. The molecule has 9 nitrogen and oxygen atoms in total. The van der Waals surface area contributed by atoms with Crippen LogP contribution in [0.4, 0.5) is 11.5 Å². The Bertz CT molecular complexity index is 1570. The quantitative estimate of drug-likeness (QED) is 0.237. The molecule has 0 bridgehead atoms. The van der Waals surface area contributed by atoms with Gasteiger partial charge in [-0.05, 0) is 61.3 Å². The minimum Gasteiger partial charge on any atom is -0.507 e. The fraction of sp³-hybridized carbons (Fsp3) is 0.148. The van der Waals surface area contributed by atoms with E-state index < -0.39 is 5.91 Å². The van der Waals surface area contributed by atoms with E-state index >= 15 is 0 Å². The normalized spacial score (nSPS) is 14.2. The molecule has 1 aliphatic heterocycles. The van der Waals surface area contributed by atoms with Gasteiger partial charge >= 0.3 is 0 Å². The van der Waals surface area contributed by atoms with Crippen LogP contribution in [0.2, 0.25) is 5.02 Å². The SMILES string of the molecule is Cl.N#Cc1c(-c2cccc(NC(=O)[C@H]3CCCN3)c2)cc(-c2ccc(Cl)cc2O)nc1NC(=O)c1nccs1. The van der Waals surface area contributed by atoms with Gasteiger partial charge in [-0.15, -0.1) is 23.7 Å². The van der Waals surface area contributed by atoms with Crippen LogP contribution in [0.5, 0.6) is 5.75 Å². The molecule has 3 heterocycles. The van der Waals surface area contributed by atoms with Gasteiger partial charge in [-0.1, -0.05) is 23.7 Å². The Hall–Kier alpha value is -4.01. The highest BCUT2D eigenvalue weighted by atomic mass is 35.5. The third kappa shape index (κ3) is 6.19. The lowest BCUT2D eigenvalue weighted by Crippen LogP contribution is -2.35. The highest BCUT2D eigenvalue weighted by Crippen LogP contribution is 2.37. The van der Waals surface area contributed by atoms with E-state index in [9.17, 15) is 20.0 Å². The molecule has 1 atom stereocenters. The average Bonchev–Trinajstić information content (AvgIpc) is 3.64. The van der Waals surface area contributed by atoms with Crippen LogP contribution in [0.25, 0.3) is 22.4 Å². The first-order chi connectivity index (χ1) is 18.4. The van der Waals surface area contributed by atoms with Gasteiger partial charge in [-0.2, -0.15) is 5.26 Å². The van der Waals surface area contributed by atoms with E-state index in [-0.39, 0.29) is 46.5 Å². The number of benzene rings is 2. The first-order valence-electron chi connectivity index (χ1n) is 11.7. The molecule has 1 aliphatic rings. The molecule has 5 rings (SSSR count). The molecule has 0 aliphatic carbocycles. The predicted molar refractivity (Wildman–Crippen MR) is 153 cm³/mol. The Morgan fingerprint density at radius 3 is 2.69 bits per heavy atom. The molecule has 0 spiro atoms. The van der Waals surface area contributed by atoms with E-state index in [1.54, 1.807) is 47.8 Å². The largest absolute Gasteiger partial charge is 0.507 e. The number of amides is 2. The number of anilines is 2. The maximum Gasteiger partial charge on any atom is 0.285 e. The Kier molecular flexibility index (Phi) is 8.79. The molecule has 2 aromatic heterocycles. The summed E-state index contributed by atoms with van der Waals surface area (Å²) in [5, 5.41) is 31.7. The number of nitrogens with one attached hydrogen (secondary N) is 3. The molecular formula is C27H22Cl2N6O3S. The van der Waals surface area contributed by atoms with E-state index in [4.69, 9.17) is 11.6 Å². The second-order valence-corrected chi connectivity index (χ2v) is 9.89. The summed E-state index contributed by atoms with van der Waals surface area (Å²) in [5.41, 5.74) is 2.42. The van der Waals surface area contributed by atoms with Crippen LogP contribution in [0, 0.1) is 11.3 Å². The smallest absolute Gasteiger partial charge is 0.285 e. The molecule has 39 heavy (non-hydrogen) atoms. The van der Waals surface area contributed by atoms with E-state index in [0.29, 0.717) is 33.1 Å². The van der Waals surface area contributed by atoms with Gasteiger partial charge in [0.2, 0.25) is 5.91 Å². The van der Waals surface area contributed by atoms with Crippen molar-refractivity contribution in [1.82, 2.24) is 15.3 Å². The average molecular weight is 581 g/mol. The number of aromatic hydroxyl groups is 1. The number of rotatable bonds is 6. The standard InChI is InChI=1S/C27H21ClN6O3S.ClH/c28-16-6-7-18(23(35)12-16)22-13-19(20(14-29)24(33-22)34-26(37)27-31-9-10-38-27)15-3-1-4-17(11-15)32-25(36)21-5-2-8-30-21;/h1,3-4,6-7,9-13,21,30,35H,2,5,8H2,(H,32,36)(H,33,34,37);1H/t21-;/m1./s1. The second-order valence-electron chi connectivity index (χ2n) is 8.56. The monoisotopic (exact) mass is 580 g/mol. The van der Waals surface area contributed by atoms with Crippen molar-refractivity contribution in [3.8, 4) is 34.2 Å². The van der Waals surface area contributed by atoms with Gasteiger partial charge in [-0.3, -0.25) is 9.59 Å². The van der Waals surface area contributed by atoms with Crippen molar-refractivity contribution in [3.05, 3.63) is 75.7 Å². The third-order valence-electron chi connectivity index (χ3n) is 6.04. The number of pyridine rings is 1. The molecule has 198 valence electrons. The van der Waals surface area contributed by atoms with Crippen molar-refractivity contribution in [2.24, 2.45) is 0 Å². The summed E-state index contributed by atoms with van der Waals surface area (Å²) < 4.78 is 0. The fourth-order valence-electron chi connectivity index (χ4n) is 4.23. The topological polar surface area (TPSA) is 140 Å². The third-order valence-corrected chi connectivity index (χ3v) is 7.05. The zero-order valence-electron chi connectivity index (χ0n) is 20.3. The minimum atomic E-state index is -0.516. The van der Waals surface area contributed by atoms with Crippen molar-refractivity contribution in [1.29, 1.82) is 5.26 Å². The minimum absolute atomic E-state index is 0. The Morgan fingerprint density at radius 2 is 2.00 bits per heavy atom. The number of hydrogen-bond acceptors (Lipinski definition) is 8. The lowest BCUT2D eigenvalue weighted by atomic mass is 9.97. The molecule has 4 N–H and O–H groups in total. The molecule has 0 unspecified atom stereocenters. The fourth-order valence-corrected chi connectivity index (χ4v) is 4.93. The first-order valence-corrected chi connectivity index (χ1v) is 13.0. The molecule has 12 heteroatoms. The number of nitriles is 1. The van der Waals surface area contributed by atoms with Gasteiger partial charge in [-0.25, -0.2) is 9.97 Å². The number of hydrogen-bond donors (Lipinski definition) is 4. The van der Waals surface area contributed by atoms with Crippen LogP contribution >= 0.6 is 35.3 Å². The van der Waals surface area contributed by atoms with Gasteiger partial charge < -0.3 is 21.1 Å². The summed E-state index contributed by atoms with van der Waals surface area (Å²) in [6.45, 7) is 0.802. The molecule has 1 fully saturated rings. The van der Waals surface area contributed by atoms with Crippen molar-refractivity contribution in [2.75, 3.05) is 17.2 Å². The first kappa shape index (κ1) is 28.0. The highest BCUT2D eigenvalue weighted by Gasteiger charge is 2.23. The number of nitrogens with zero attached hydrogens (tertiary/aromatic N) is 3. The lowest BCUT2D eigenvalue weighted by molar-refractivity contribution is -0.117. The van der Waals surface area contributed by atoms with Crippen LogP contribution in [-0.4, -0.2) is 39.5 Å². The number of aromatic nitrogens is 2. The van der Waals surface area contributed by atoms with E-state index in [1.165, 1.54) is 12.3 Å². The van der Waals surface area contributed by atoms with Crippen molar-refractivity contribution >= 4 is 58.7 Å². The van der Waals surface area contributed by atoms with Gasteiger partial charge in [0.15, 0.2) is 10.8 Å². The number of halogens is 2. The summed E-state index contributed by atoms with van der Waals surface area (Å²) >= 11 is 7.17. The zero-order valence-corrected chi connectivity index (χ0v) is 22.7.